The van der Waals surface area contributed by atoms with E-state index in [0.717, 1.165) is 4.90 Å². The van der Waals surface area contributed by atoms with Crippen LogP contribution in [0.25, 0.3) is 5.57 Å². The van der Waals surface area contributed by atoms with Crippen molar-refractivity contribution in [3.8, 4) is 5.75 Å². The molecular formula is C14H12ClNO3. The summed E-state index contributed by atoms with van der Waals surface area (Å²) in [7, 11) is 1.50. The molecule has 0 spiro atoms. The predicted molar refractivity (Wildman–Crippen MR) is 72.7 cm³/mol. The molecule has 0 saturated heterocycles. The Labute approximate surface area is 115 Å². The van der Waals surface area contributed by atoms with E-state index in [-0.39, 0.29) is 17.2 Å². The molecule has 2 rings (SSSR count). The summed E-state index contributed by atoms with van der Waals surface area (Å²) in [4.78, 5) is 25.2. The minimum Gasteiger partial charge on any atom is -0.496 e. The molecule has 5 heteroatoms. The lowest BCUT2D eigenvalue weighted by Gasteiger charge is -2.12. The summed E-state index contributed by atoms with van der Waals surface area (Å²) in [5.41, 5.74) is 0.686. The molecule has 19 heavy (non-hydrogen) atoms. The molecule has 1 aliphatic rings. The Hall–Kier alpha value is -2.07. The third kappa shape index (κ3) is 2.15. The van der Waals surface area contributed by atoms with Gasteiger partial charge in [-0.05, 0) is 6.07 Å². The van der Waals surface area contributed by atoms with E-state index in [1.165, 1.54) is 13.2 Å². The van der Waals surface area contributed by atoms with Gasteiger partial charge in [0.25, 0.3) is 11.8 Å². The SMILES string of the molecule is C=CCN1C(=O)C(Cl)=C(c2ccccc2OC)C1=O. The van der Waals surface area contributed by atoms with E-state index in [4.69, 9.17) is 16.3 Å². The van der Waals surface area contributed by atoms with Crippen molar-refractivity contribution < 1.29 is 14.3 Å². The smallest absolute Gasteiger partial charge is 0.273 e. The Morgan fingerprint density at radius 2 is 2.00 bits per heavy atom. The summed E-state index contributed by atoms with van der Waals surface area (Å²) in [6.45, 7) is 3.65. The lowest BCUT2D eigenvalue weighted by molar-refractivity contribution is -0.135. The van der Waals surface area contributed by atoms with Crippen molar-refractivity contribution >= 4 is 29.0 Å². The first-order valence-corrected chi connectivity index (χ1v) is 5.99. The van der Waals surface area contributed by atoms with Crippen LogP contribution < -0.4 is 4.74 Å². The van der Waals surface area contributed by atoms with Gasteiger partial charge in [0.2, 0.25) is 0 Å². The Kier molecular flexibility index (Phi) is 3.71. The first-order chi connectivity index (χ1) is 9.11. The quantitative estimate of drug-likeness (QED) is 0.626. The van der Waals surface area contributed by atoms with Gasteiger partial charge < -0.3 is 4.74 Å². The molecular weight excluding hydrogens is 266 g/mol. The van der Waals surface area contributed by atoms with Crippen molar-refractivity contribution in [2.75, 3.05) is 13.7 Å². The fourth-order valence-corrected chi connectivity index (χ4v) is 2.21. The van der Waals surface area contributed by atoms with Gasteiger partial charge in [0.15, 0.2) is 0 Å². The number of amides is 2. The number of nitrogens with zero attached hydrogens (tertiary/aromatic N) is 1. The molecule has 0 aromatic heterocycles. The topological polar surface area (TPSA) is 46.6 Å². The van der Waals surface area contributed by atoms with Gasteiger partial charge in [-0.1, -0.05) is 35.9 Å². The number of benzene rings is 1. The van der Waals surface area contributed by atoms with Gasteiger partial charge in [0.1, 0.15) is 10.8 Å². The Morgan fingerprint density at radius 3 is 2.63 bits per heavy atom. The minimum atomic E-state index is -0.507. The van der Waals surface area contributed by atoms with Crippen LogP contribution in [-0.2, 0) is 9.59 Å². The van der Waals surface area contributed by atoms with Gasteiger partial charge in [0, 0.05) is 12.1 Å². The normalized spacial score (nSPS) is 15.2. The zero-order valence-electron chi connectivity index (χ0n) is 10.4. The number of hydrogen-bond acceptors (Lipinski definition) is 3. The molecule has 1 aromatic carbocycles. The summed E-state index contributed by atoms with van der Waals surface area (Å²) < 4.78 is 5.19. The number of rotatable bonds is 4. The summed E-state index contributed by atoms with van der Waals surface area (Å²) >= 11 is 6.00. The molecule has 0 fully saturated rings. The second kappa shape index (κ2) is 5.28. The van der Waals surface area contributed by atoms with E-state index < -0.39 is 11.8 Å². The first kappa shape index (κ1) is 13.4. The molecule has 0 aliphatic carbocycles. The van der Waals surface area contributed by atoms with Crippen LogP contribution in [0.3, 0.4) is 0 Å². The van der Waals surface area contributed by atoms with Crippen molar-refractivity contribution in [2.24, 2.45) is 0 Å². The highest BCUT2D eigenvalue weighted by molar-refractivity contribution is 6.55. The van der Waals surface area contributed by atoms with Crippen molar-refractivity contribution in [3.05, 3.63) is 47.5 Å². The molecule has 0 N–H and O–H groups in total. The Bertz CT molecular complexity index is 592. The van der Waals surface area contributed by atoms with Gasteiger partial charge in [-0.25, -0.2) is 0 Å². The summed E-state index contributed by atoms with van der Waals surface area (Å²) in [6, 6.07) is 6.93. The van der Waals surface area contributed by atoms with Crippen LogP contribution in [0.4, 0.5) is 0 Å². The standard InChI is InChI=1S/C14H12ClNO3/c1-3-8-16-13(17)11(12(15)14(16)18)9-6-4-5-7-10(9)19-2/h3-7H,1,8H2,2H3. The van der Waals surface area contributed by atoms with Gasteiger partial charge >= 0.3 is 0 Å². The van der Waals surface area contributed by atoms with Crippen LogP contribution in [0.1, 0.15) is 5.56 Å². The fourth-order valence-electron chi connectivity index (χ4n) is 1.93. The van der Waals surface area contributed by atoms with Crippen molar-refractivity contribution in [1.82, 2.24) is 4.90 Å². The summed E-state index contributed by atoms with van der Waals surface area (Å²) in [5, 5.41) is -0.0867. The Balaban J connectivity index is 2.53. The lowest BCUT2D eigenvalue weighted by Crippen LogP contribution is -2.31. The molecule has 2 amide bonds. The maximum Gasteiger partial charge on any atom is 0.273 e. The molecule has 0 saturated carbocycles. The third-order valence-corrected chi connectivity index (χ3v) is 3.15. The maximum atomic E-state index is 12.2. The highest BCUT2D eigenvalue weighted by Gasteiger charge is 2.38. The molecule has 0 atom stereocenters. The van der Waals surface area contributed by atoms with Crippen LogP contribution in [0, 0.1) is 0 Å². The number of hydrogen-bond donors (Lipinski definition) is 0. The second-order valence-corrected chi connectivity index (χ2v) is 4.28. The molecule has 1 aromatic rings. The van der Waals surface area contributed by atoms with E-state index in [0.29, 0.717) is 11.3 Å². The summed E-state index contributed by atoms with van der Waals surface area (Å²) in [5.74, 6) is -0.441. The highest BCUT2D eigenvalue weighted by Crippen LogP contribution is 2.35. The van der Waals surface area contributed by atoms with Crippen LogP contribution >= 0.6 is 11.6 Å². The predicted octanol–water partition coefficient (Wildman–Crippen LogP) is 2.20. The van der Waals surface area contributed by atoms with Crippen molar-refractivity contribution in [1.29, 1.82) is 0 Å². The third-order valence-electron chi connectivity index (χ3n) is 2.80. The first-order valence-electron chi connectivity index (χ1n) is 5.62. The van der Waals surface area contributed by atoms with E-state index in [1.54, 1.807) is 24.3 Å². The lowest BCUT2D eigenvalue weighted by atomic mass is 10.1. The molecule has 0 bridgehead atoms. The van der Waals surface area contributed by atoms with Crippen LogP contribution in [0.15, 0.2) is 42.0 Å². The van der Waals surface area contributed by atoms with Crippen molar-refractivity contribution in [3.63, 3.8) is 0 Å². The maximum absolute atomic E-state index is 12.2. The minimum absolute atomic E-state index is 0.0867. The fraction of sp³-hybridized carbons (Fsp3) is 0.143. The van der Waals surface area contributed by atoms with Crippen LogP contribution in [0.2, 0.25) is 0 Å². The number of carbonyl (C=O) groups is 2. The Morgan fingerprint density at radius 1 is 1.32 bits per heavy atom. The van der Waals surface area contributed by atoms with Gasteiger partial charge in [-0.15, -0.1) is 6.58 Å². The molecule has 0 unspecified atom stereocenters. The van der Waals surface area contributed by atoms with Gasteiger partial charge in [0.05, 0.1) is 12.7 Å². The average Bonchev–Trinajstić information content (AvgIpc) is 2.63. The number of para-hydroxylation sites is 1. The second-order valence-electron chi connectivity index (χ2n) is 3.90. The average molecular weight is 278 g/mol. The van der Waals surface area contributed by atoms with Gasteiger partial charge in [-0.2, -0.15) is 0 Å². The highest BCUT2D eigenvalue weighted by atomic mass is 35.5. The monoisotopic (exact) mass is 277 g/mol. The van der Waals surface area contributed by atoms with Crippen molar-refractivity contribution in [2.45, 2.75) is 0 Å². The van der Waals surface area contributed by atoms with Crippen LogP contribution in [-0.4, -0.2) is 30.4 Å². The molecule has 0 radical (unpaired) electrons. The zero-order valence-corrected chi connectivity index (χ0v) is 11.1. The van der Waals surface area contributed by atoms with E-state index in [1.807, 2.05) is 0 Å². The number of halogens is 1. The number of imide groups is 1. The summed E-state index contributed by atoms with van der Waals surface area (Å²) in [6.07, 6.45) is 1.48. The van der Waals surface area contributed by atoms with E-state index >= 15 is 0 Å². The van der Waals surface area contributed by atoms with E-state index in [2.05, 4.69) is 6.58 Å². The van der Waals surface area contributed by atoms with Gasteiger partial charge in [-0.3, -0.25) is 14.5 Å². The zero-order chi connectivity index (χ0) is 14.0. The molecule has 4 nitrogen and oxygen atoms in total. The molecule has 98 valence electrons. The van der Waals surface area contributed by atoms with Crippen LogP contribution in [0.5, 0.6) is 5.75 Å². The molecule has 1 heterocycles. The van der Waals surface area contributed by atoms with E-state index in [9.17, 15) is 9.59 Å². The largest absolute Gasteiger partial charge is 0.496 e. The molecule has 1 aliphatic heterocycles. The number of carbonyl (C=O) groups excluding carboxylic acids is 2. The number of ether oxygens (including phenoxy) is 1. The number of methoxy groups -OCH3 is 1.